The van der Waals surface area contributed by atoms with Gasteiger partial charge >= 0.3 is 0 Å². The topological polar surface area (TPSA) is 66.5 Å². The molecule has 5 nitrogen and oxygen atoms in total. The van der Waals surface area contributed by atoms with Gasteiger partial charge in [0.25, 0.3) is 0 Å². The van der Waals surface area contributed by atoms with Crippen molar-refractivity contribution in [3.63, 3.8) is 0 Å². The maximum absolute atomic E-state index is 12.7. The maximum atomic E-state index is 12.7. The van der Waals surface area contributed by atoms with E-state index in [0.29, 0.717) is 5.69 Å². The molecule has 0 bridgehead atoms. The molecule has 1 atom stereocenters. The molecule has 0 aliphatic rings. The van der Waals surface area contributed by atoms with Crippen LogP contribution in [0.3, 0.4) is 0 Å². The van der Waals surface area contributed by atoms with Gasteiger partial charge in [0.1, 0.15) is 6.54 Å². The van der Waals surface area contributed by atoms with Crippen molar-refractivity contribution in [1.82, 2.24) is 5.32 Å². The highest BCUT2D eigenvalue weighted by Crippen LogP contribution is 2.23. The van der Waals surface area contributed by atoms with Crippen LogP contribution in [0, 0.1) is 20.8 Å². The first-order valence-electron chi connectivity index (χ1n) is 9.03. The fraction of sp³-hybridized carbons (Fsp3) is 0.381. The highest BCUT2D eigenvalue weighted by atomic mass is 32.2. The van der Waals surface area contributed by atoms with Crippen molar-refractivity contribution in [2.75, 3.05) is 17.1 Å². The molecule has 0 aliphatic carbocycles. The molecule has 0 fully saturated rings. The van der Waals surface area contributed by atoms with E-state index < -0.39 is 10.0 Å². The van der Waals surface area contributed by atoms with Crippen LogP contribution in [-0.2, 0) is 14.8 Å². The van der Waals surface area contributed by atoms with Crippen LogP contribution in [0.5, 0.6) is 0 Å². The second-order valence-corrected chi connectivity index (χ2v) is 8.83. The van der Waals surface area contributed by atoms with Crippen molar-refractivity contribution in [2.45, 2.75) is 40.2 Å². The zero-order valence-electron chi connectivity index (χ0n) is 16.6. The largest absolute Gasteiger partial charge is 0.348 e. The van der Waals surface area contributed by atoms with E-state index in [-0.39, 0.29) is 18.5 Å². The van der Waals surface area contributed by atoms with E-state index in [1.807, 2.05) is 52.0 Å². The van der Waals surface area contributed by atoms with Gasteiger partial charge in [-0.25, -0.2) is 8.42 Å². The summed E-state index contributed by atoms with van der Waals surface area (Å²) in [5.74, 6) is -0.325. The molecule has 0 spiro atoms. The van der Waals surface area contributed by atoms with Gasteiger partial charge in [0.15, 0.2) is 0 Å². The third-order valence-corrected chi connectivity index (χ3v) is 5.87. The smallest absolute Gasteiger partial charge is 0.241 e. The minimum atomic E-state index is -3.58. The fourth-order valence-corrected chi connectivity index (χ4v) is 3.91. The van der Waals surface area contributed by atoms with Crippen LogP contribution in [0.1, 0.15) is 41.6 Å². The molecular formula is C21H28N2O3S. The van der Waals surface area contributed by atoms with Crippen LogP contribution in [0.4, 0.5) is 5.69 Å². The molecule has 0 saturated heterocycles. The van der Waals surface area contributed by atoms with Gasteiger partial charge in [0.05, 0.1) is 18.0 Å². The van der Waals surface area contributed by atoms with Crippen molar-refractivity contribution < 1.29 is 13.2 Å². The van der Waals surface area contributed by atoms with E-state index in [4.69, 9.17) is 0 Å². The molecule has 1 amide bonds. The Morgan fingerprint density at radius 3 is 2.26 bits per heavy atom. The van der Waals surface area contributed by atoms with Crippen molar-refractivity contribution in [1.29, 1.82) is 0 Å². The number of anilines is 1. The van der Waals surface area contributed by atoms with Gasteiger partial charge in [-0.2, -0.15) is 0 Å². The fourth-order valence-electron chi connectivity index (χ4n) is 3.00. The molecule has 2 aromatic rings. The summed E-state index contributed by atoms with van der Waals surface area (Å²) in [5, 5.41) is 2.98. The molecule has 0 saturated carbocycles. The molecule has 27 heavy (non-hydrogen) atoms. The van der Waals surface area contributed by atoms with Crippen molar-refractivity contribution in [3.05, 3.63) is 64.7 Å². The van der Waals surface area contributed by atoms with E-state index in [2.05, 4.69) is 11.4 Å². The van der Waals surface area contributed by atoms with Gasteiger partial charge in [-0.1, -0.05) is 43.3 Å². The van der Waals surface area contributed by atoms with Crippen molar-refractivity contribution in [2.24, 2.45) is 0 Å². The molecule has 0 unspecified atom stereocenters. The Labute approximate surface area is 162 Å². The van der Waals surface area contributed by atoms with Crippen molar-refractivity contribution >= 4 is 21.6 Å². The minimum absolute atomic E-state index is 0.157. The maximum Gasteiger partial charge on any atom is 0.241 e. The number of aryl methyl sites for hydroxylation is 3. The van der Waals surface area contributed by atoms with Gasteiger partial charge in [0, 0.05) is 0 Å². The van der Waals surface area contributed by atoms with Crippen LogP contribution in [0.25, 0.3) is 0 Å². The second-order valence-electron chi connectivity index (χ2n) is 6.93. The molecule has 2 aromatic carbocycles. The van der Waals surface area contributed by atoms with Crippen LogP contribution in [-0.4, -0.2) is 27.1 Å². The minimum Gasteiger partial charge on any atom is -0.348 e. The van der Waals surface area contributed by atoms with Gasteiger partial charge in [-0.05, 0) is 55.5 Å². The summed E-state index contributed by atoms with van der Waals surface area (Å²) in [6.07, 6.45) is 1.84. The molecule has 0 heterocycles. The zero-order chi connectivity index (χ0) is 20.2. The molecular weight excluding hydrogens is 360 g/mol. The van der Waals surface area contributed by atoms with Crippen LogP contribution in [0.2, 0.25) is 0 Å². The summed E-state index contributed by atoms with van der Waals surface area (Å²) in [4.78, 5) is 12.7. The Hall–Kier alpha value is -2.34. The quantitative estimate of drug-likeness (QED) is 0.787. The summed E-state index contributed by atoms with van der Waals surface area (Å²) < 4.78 is 25.7. The first kappa shape index (κ1) is 21.0. The number of benzene rings is 2. The Morgan fingerprint density at radius 2 is 1.70 bits per heavy atom. The number of para-hydroxylation sites is 1. The lowest BCUT2D eigenvalue weighted by atomic mass is 9.99. The summed E-state index contributed by atoms with van der Waals surface area (Å²) >= 11 is 0. The molecule has 146 valence electrons. The molecule has 2 rings (SSSR count). The number of carbonyl (C=O) groups excluding carboxylic acids is 1. The van der Waals surface area contributed by atoms with Gasteiger partial charge in [0.2, 0.25) is 15.9 Å². The standard InChI is InChI=1S/C21H28N2O3S/c1-6-19(18-12-11-15(2)17(4)13-18)22-21(24)14-23(27(5,25)26)20-10-8-7-9-16(20)3/h7-13,19H,6,14H2,1-5H3,(H,22,24)/t19-/m0/s1. The van der Waals surface area contributed by atoms with Gasteiger partial charge in [-0.3, -0.25) is 9.10 Å². The molecule has 0 aliphatic heterocycles. The predicted octanol–water partition coefficient (Wildman–Crippen LogP) is 3.65. The highest BCUT2D eigenvalue weighted by Gasteiger charge is 2.23. The first-order valence-corrected chi connectivity index (χ1v) is 10.9. The number of hydrogen-bond donors (Lipinski definition) is 1. The molecule has 0 radical (unpaired) electrons. The third kappa shape index (κ3) is 5.32. The number of nitrogens with zero attached hydrogens (tertiary/aromatic N) is 1. The van der Waals surface area contributed by atoms with E-state index in [0.717, 1.165) is 33.7 Å². The lowest BCUT2D eigenvalue weighted by Crippen LogP contribution is -2.41. The Kier molecular flexibility index (Phi) is 6.65. The van der Waals surface area contributed by atoms with E-state index in [1.54, 1.807) is 12.1 Å². The number of hydrogen-bond acceptors (Lipinski definition) is 3. The van der Waals surface area contributed by atoms with E-state index >= 15 is 0 Å². The lowest BCUT2D eigenvalue weighted by molar-refractivity contribution is -0.120. The Morgan fingerprint density at radius 1 is 1.04 bits per heavy atom. The number of carbonyl (C=O) groups is 1. The van der Waals surface area contributed by atoms with Crippen LogP contribution in [0.15, 0.2) is 42.5 Å². The Bertz CT molecular complexity index is 923. The Balaban J connectivity index is 2.22. The SMILES string of the molecule is CC[C@H](NC(=O)CN(c1ccccc1C)S(C)(=O)=O)c1ccc(C)c(C)c1. The number of sulfonamides is 1. The second kappa shape index (κ2) is 8.57. The average Bonchev–Trinajstić information content (AvgIpc) is 2.60. The summed E-state index contributed by atoms with van der Waals surface area (Å²) in [5.41, 5.74) is 4.71. The summed E-state index contributed by atoms with van der Waals surface area (Å²) in [6, 6.07) is 13.1. The normalized spacial score (nSPS) is 12.5. The van der Waals surface area contributed by atoms with Crippen molar-refractivity contribution in [3.8, 4) is 0 Å². The van der Waals surface area contributed by atoms with E-state index in [9.17, 15) is 13.2 Å². The average molecular weight is 389 g/mol. The highest BCUT2D eigenvalue weighted by molar-refractivity contribution is 7.92. The summed E-state index contributed by atoms with van der Waals surface area (Å²) in [7, 11) is -3.58. The number of nitrogens with one attached hydrogen (secondary N) is 1. The monoisotopic (exact) mass is 388 g/mol. The third-order valence-electron chi connectivity index (χ3n) is 4.75. The van der Waals surface area contributed by atoms with Crippen LogP contribution >= 0.6 is 0 Å². The first-order chi connectivity index (χ1) is 12.6. The molecule has 1 N–H and O–H groups in total. The molecule has 6 heteroatoms. The summed E-state index contributed by atoms with van der Waals surface area (Å²) in [6.45, 7) is 7.66. The van der Waals surface area contributed by atoms with Crippen LogP contribution < -0.4 is 9.62 Å². The number of rotatable bonds is 7. The van der Waals surface area contributed by atoms with Gasteiger partial charge < -0.3 is 5.32 Å². The lowest BCUT2D eigenvalue weighted by Gasteiger charge is -2.25. The predicted molar refractivity (Wildman–Crippen MR) is 110 cm³/mol. The number of amides is 1. The van der Waals surface area contributed by atoms with Gasteiger partial charge in [-0.15, -0.1) is 0 Å². The zero-order valence-corrected chi connectivity index (χ0v) is 17.4. The van der Waals surface area contributed by atoms with E-state index in [1.165, 1.54) is 5.56 Å². The molecule has 0 aromatic heterocycles.